The maximum atomic E-state index is 13.0. The highest BCUT2D eigenvalue weighted by molar-refractivity contribution is 7.99. The molecular weight excluding hydrogens is 381 g/mol. The Morgan fingerprint density at radius 2 is 1.93 bits per heavy atom. The van der Waals surface area contributed by atoms with E-state index in [0.717, 1.165) is 17.9 Å². The van der Waals surface area contributed by atoms with E-state index in [1.165, 1.54) is 12.1 Å². The molecule has 2 aliphatic heterocycles. The van der Waals surface area contributed by atoms with Crippen LogP contribution in [0.5, 0.6) is 0 Å². The van der Waals surface area contributed by atoms with Gasteiger partial charge in [-0.1, -0.05) is 12.1 Å². The third-order valence-corrected chi connectivity index (χ3v) is 6.20. The largest absolute Gasteiger partial charge is 0.480 e. The number of carbonyl (C=O) groups excluding carboxylic acids is 1. The summed E-state index contributed by atoms with van der Waals surface area (Å²) in [5.74, 6) is -0.653. The predicted octanol–water partition coefficient (Wildman–Crippen LogP) is 2.73. The molecule has 2 saturated heterocycles. The Morgan fingerprint density at radius 1 is 1.26 bits per heavy atom. The molecule has 1 aromatic carbocycles. The van der Waals surface area contributed by atoms with E-state index < -0.39 is 29.0 Å². The summed E-state index contributed by atoms with van der Waals surface area (Å²) in [7, 11) is 1.74. The maximum Gasteiger partial charge on any atom is 0.416 e. The smallest absolute Gasteiger partial charge is 0.416 e. The van der Waals surface area contributed by atoms with Gasteiger partial charge in [0.25, 0.3) is 0 Å². The monoisotopic (exact) mass is 402 g/mol. The molecule has 0 bridgehead atoms. The van der Waals surface area contributed by atoms with E-state index in [4.69, 9.17) is 0 Å². The second-order valence-electron chi connectivity index (χ2n) is 7.21. The summed E-state index contributed by atoms with van der Waals surface area (Å²) in [6.45, 7) is 1.11. The Kier molecular flexibility index (Phi) is 5.45. The fraction of sp³-hybridized carbons (Fsp3) is 0.556. The molecule has 2 heterocycles. The van der Waals surface area contributed by atoms with Crippen LogP contribution in [0.25, 0.3) is 0 Å². The van der Waals surface area contributed by atoms with Gasteiger partial charge in [0.05, 0.1) is 11.4 Å². The number of nitrogens with zero attached hydrogens (tertiary/aromatic N) is 2. The molecule has 27 heavy (non-hydrogen) atoms. The van der Waals surface area contributed by atoms with E-state index in [-0.39, 0.29) is 18.9 Å². The number of piperidine rings is 1. The van der Waals surface area contributed by atoms with E-state index in [1.807, 2.05) is 0 Å². The van der Waals surface area contributed by atoms with Gasteiger partial charge in [0.1, 0.15) is 0 Å². The normalized spacial score (nSPS) is 27.0. The summed E-state index contributed by atoms with van der Waals surface area (Å²) < 4.78 is 38.4. The number of thioether (sulfide) groups is 1. The molecule has 2 atom stereocenters. The van der Waals surface area contributed by atoms with Gasteiger partial charge in [-0.25, -0.2) is 0 Å². The van der Waals surface area contributed by atoms with E-state index in [2.05, 4.69) is 0 Å². The zero-order chi connectivity index (χ0) is 19.8. The van der Waals surface area contributed by atoms with E-state index in [1.54, 1.807) is 28.6 Å². The minimum Gasteiger partial charge on any atom is -0.480 e. The topological polar surface area (TPSA) is 60.9 Å². The lowest BCUT2D eigenvalue weighted by molar-refractivity contribution is -0.164. The molecule has 3 rings (SSSR count). The van der Waals surface area contributed by atoms with Crippen LogP contribution in [0.4, 0.5) is 13.2 Å². The van der Waals surface area contributed by atoms with Crippen molar-refractivity contribution in [2.45, 2.75) is 18.5 Å². The van der Waals surface area contributed by atoms with Crippen LogP contribution in [-0.2, 0) is 15.8 Å². The number of hydrogen-bond acceptors (Lipinski definition) is 4. The molecule has 0 radical (unpaired) electrons. The second-order valence-corrected chi connectivity index (χ2v) is 8.29. The fourth-order valence-corrected chi connectivity index (χ4v) is 4.84. The molecule has 148 valence electrons. The fourth-order valence-electron chi connectivity index (χ4n) is 3.90. The quantitative estimate of drug-likeness (QED) is 0.788. The highest BCUT2D eigenvalue weighted by Gasteiger charge is 2.53. The highest BCUT2D eigenvalue weighted by atomic mass is 32.2. The molecule has 1 aromatic rings. The number of carboxylic acid groups (broad SMARTS) is 1. The average Bonchev–Trinajstić information content (AvgIpc) is 3.14. The Balaban J connectivity index is 1.89. The second kappa shape index (κ2) is 7.35. The number of benzene rings is 1. The summed E-state index contributed by atoms with van der Waals surface area (Å²) in [6.07, 6.45) is -4.34. The summed E-state index contributed by atoms with van der Waals surface area (Å²) in [4.78, 5) is 28.5. The van der Waals surface area contributed by atoms with Crippen molar-refractivity contribution in [3.05, 3.63) is 35.4 Å². The number of alkyl halides is 3. The summed E-state index contributed by atoms with van der Waals surface area (Å²) in [6, 6.07) is 4.78. The molecule has 5 nitrogen and oxygen atoms in total. The van der Waals surface area contributed by atoms with Gasteiger partial charge in [0.2, 0.25) is 5.91 Å². The first-order chi connectivity index (χ1) is 12.6. The van der Waals surface area contributed by atoms with Crippen LogP contribution in [0.1, 0.15) is 23.5 Å². The molecule has 0 aromatic heterocycles. The van der Waals surface area contributed by atoms with E-state index in [0.29, 0.717) is 24.5 Å². The number of aliphatic carboxylic acids is 1. The van der Waals surface area contributed by atoms with Crippen molar-refractivity contribution in [1.82, 2.24) is 9.80 Å². The van der Waals surface area contributed by atoms with Crippen LogP contribution in [0.15, 0.2) is 24.3 Å². The molecule has 2 unspecified atom stereocenters. The third-order valence-electron chi connectivity index (χ3n) is 5.23. The van der Waals surface area contributed by atoms with Crippen LogP contribution in [-0.4, -0.2) is 65.1 Å². The highest BCUT2D eigenvalue weighted by Crippen LogP contribution is 2.41. The first kappa shape index (κ1) is 20.0. The van der Waals surface area contributed by atoms with Gasteiger partial charge in [-0.05, 0) is 37.1 Å². The van der Waals surface area contributed by atoms with Gasteiger partial charge in [-0.2, -0.15) is 13.2 Å². The molecular formula is C18H21F3N2O3S. The van der Waals surface area contributed by atoms with Crippen molar-refractivity contribution in [2.75, 3.05) is 38.3 Å². The average molecular weight is 402 g/mol. The lowest BCUT2D eigenvalue weighted by Crippen LogP contribution is -2.57. The SMILES string of the molecule is CN1CC(c2ccc(C(F)(F)F)cc2)CC(C(=O)O)(C(=O)N2CCSC2)C1. The standard InChI is InChI=1S/C18H21F3N2O3S/c1-22-9-13(12-2-4-14(5-3-12)18(19,20)21)8-17(10-22,16(25)26)15(24)23-6-7-27-11-23/h2-5,13H,6-11H2,1H3,(H,25,26). The number of carbonyl (C=O) groups is 2. The molecule has 2 fully saturated rings. The Bertz CT molecular complexity index is 720. The maximum absolute atomic E-state index is 13.0. The van der Waals surface area contributed by atoms with Crippen LogP contribution in [0.3, 0.4) is 0 Å². The van der Waals surface area contributed by atoms with Crippen molar-refractivity contribution in [1.29, 1.82) is 0 Å². The Labute approximate surface area is 159 Å². The zero-order valence-electron chi connectivity index (χ0n) is 14.8. The minimum absolute atomic E-state index is 0.0814. The number of likely N-dealkylation sites (tertiary alicyclic amines) is 1. The number of amides is 1. The van der Waals surface area contributed by atoms with Gasteiger partial charge in [0, 0.05) is 25.4 Å². The van der Waals surface area contributed by atoms with Gasteiger partial charge in [-0.3, -0.25) is 9.59 Å². The van der Waals surface area contributed by atoms with E-state index in [9.17, 15) is 27.9 Å². The molecule has 0 spiro atoms. The molecule has 1 amide bonds. The minimum atomic E-state index is -4.42. The van der Waals surface area contributed by atoms with Crippen molar-refractivity contribution < 1.29 is 27.9 Å². The zero-order valence-corrected chi connectivity index (χ0v) is 15.6. The Hall–Kier alpha value is -1.74. The lowest BCUT2D eigenvalue weighted by Gasteiger charge is -2.43. The lowest BCUT2D eigenvalue weighted by atomic mass is 9.72. The van der Waals surface area contributed by atoms with Crippen molar-refractivity contribution in [3.63, 3.8) is 0 Å². The van der Waals surface area contributed by atoms with Crippen LogP contribution < -0.4 is 0 Å². The molecule has 1 N–H and O–H groups in total. The number of halogens is 3. The summed E-state index contributed by atoms with van der Waals surface area (Å²) in [5, 5.41) is 9.92. The summed E-state index contributed by atoms with van der Waals surface area (Å²) in [5.41, 5.74) is -1.71. The van der Waals surface area contributed by atoms with E-state index >= 15 is 0 Å². The first-order valence-corrected chi connectivity index (χ1v) is 9.75. The summed E-state index contributed by atoms with van der Waals surface area (Å²) >= 11 is 1.58. The number of carboxylic acids is 1. The molecule has 2 aliphatic rings. The molecule has 0 aliphatic carbocycles. The van der Waals surface area contributed by atoms with Gasteiger partial charge in [0.15, 0.2) is 5.41 Å². The Morgan fingerprint density at radius 3 is 2.44 bits per heavy atom. The van der Waals surface area contributed by atoms with Crippen molar-refractivity contribution in [2.24, 2.45) is 5.41 Å². The van der Waals surface area contributed by atoms with Gasteiger partial charge >= 0.3 is 12.1 Å². The van der Waals surface area contributed by atoms with Crippen LogP contribution in [0, 0.1) is 5.41 Å². The number of hydrogen-bond donors (Lipinski definition) is 1. The van der Waals surface area contributed by atoms with Crippen LogP contribution >= 0.6 is 11.8 Å². The molecule has 0 saturated carbocycles. The van der Waals surface area contributed by atoms with Crippen molar-refractivity contribution in [3.8, 4) is 0 Å². The van der Waals surface area contributed by atoms with Crippen LogP contribution in [0.2, 0.25) is 0 Å². The number of rotatable bonds is 3. The first-order valence-electron chi connectivity index (χ1n) is 8.60. The molecule has 9 heteroatoms. The number of likely N-dealkylation sites (N-methyl/N-ethyl adjacent to an activating group) is 1. The third kappa shape index (κ3) is 3.94. The van der Waals surface area contributed by atoms with Crippen molar-refractivity contribution >= 4 is 23.6 Å². The predicted molar refractivity (Wildman–Crippen MR) is 95.4 cm³/mol. The van der Waals surface area contributed by atoms with Gasteiger partial charge < -0.3 is 14.9 Å². The van der Waals surface area contributed by atoms with Gasteiger partial charge in [-0.15, -0.1) is 11.8 Å².